The summed E-state index contributed by atoms with van der Waals surface area (Å²) in [5, 5.41) is 10.9. The number of esters is 1. The third-order valence-corrected chi connectivity index (χ3v) is 5.33. The number of benzene rings is 2. The van der Waals surface area contributed by atoms with Gasteiger partial charge in [-0.2, -0.15) is 0 Å². The van der Waals surface area contributed by atoms with Crippen LogP contribution in [0.5, 0.6) is 11.5 Å². The van der Waals surface area contributed by atoms with Gasteiger partial charge in [0, 0.05) is 10.3 Å². The van der Waals surface area contributed by atoms with E-state index >= 15 is 0 Å². The van der Waals surface area contributed by atoms with E-state index in [1.807, 2.05) is 12.1 Å². The normalized spacial score (nSPS) is 10.7. The number of rotatable bonds is 4. The van der Waals surface area contributed by atoms with Crippen LogP contribution in [0.3, 0.4) is 0 Å². The summed E-state index contributed by atoms with van der Waals surface area (Å²) >= 11 is 4.51. The van der Waals surface area contributed by atoms with E-state index in [4.69, 9.17) is 9.15 Å². The average Bonchev–Trinajstić information content (AvgIpc) is 2.65. The Morgan fingerprint density at radius 2 is 1.88 bits per heavy atom. The zero-order valence-electron chi connectivity index (χ0n) is 13.7. The monoisotopic (exact) mass is 436 g/mol. The molecular weight excluding hydrogens is 424 g/mol. The number of carbonyl (C=O) groups is 1. The van der Waals surface area contributed by atoms with Crippen LogP contribution in [-0.2, 0) is 4.74 Å². The molecule has 0 aliphatic rings. The van der Waals surface area contributed by atoms with E-state index in [-0.39, 0.29) is 16.9 Å². The Labute approximate surface area is 160 Å². The zero-order chi connectivity index (χ0) is 18.8. The summed E-state index contributed by atoms with van der Waals surface area (Å²) < 4.78 is 15.4. The molecule has 8 heteroatoms. The molecule has 0 bridgehead atoms. The highest BCUT2D eigenvalue weighted by Crippen LogP contribution is 2.44. The number of fused-ring (bicyclic) bond motifs is 1. The molecule has 0 amide bonds. The van der Waals surface area contributed by atoms with E-state index in [0.29, 0.717) is 20.5 Å². The molecule has 26 heavy (non-hydrogen) atoms. The van der Waals surface area contributed by atoms with Gasteiger partial charge in [0.1, 0.15) is 22.6 Å². The van der Waals surface area contributed by atoms with Crippen molar-refractivity contribution in [2.24, 2.45) is 0 Å². The van der Waals surface area contributed by atoms with Crippen LogP contribution in [0.2, 0.25) is 0 Å². The van der Waals surface area contributed by atoms with Gasteiger partial charge in [-0.15, -0.1) is 0 Å². The Morgan fingerprint density at radius 3 is 2.50 bits per heavy atom. The molecule has 3 rings (SSSR count). The maximum Gasteiger partial charge on any atom is 0.351 e. The fourth-order valence-electron chi connectivity index (χ4n) is 2.31. The van der Waals surface area contributed by atoms with E-state index in [1.54, 1.807) is 19.2 Å². The highest BCUT2D eigenvalue weighted by atomic mass is 79.9. The molecule has 0 aliphatic heterocycles. The van der Waals surface area contributed by atoms with Crippen LogP contribution in [0.1, 0.15) is 10.4 Å². The molecule has 134 valence electrons. The van der Waals surface area contributed by atoms with Crippen molar-refractivity contribution in [3.8, 4) is 11.5 Å². The van der Waals surface area contributed by atoms with Crippen molar-refractivity contribution in [2.45, 2.75) is 9.79 Å². The smallest absolute Gasteiger partial charge is 0.351 e. The van der Waals surface area contributed by atoms with Gasteiger partial charge in [-0.25, -0.2) is 9.59 Å². The second kappa shape index (κ2) is 7.43. The summed E-state index contributed by atoms with van der Waals surface area (Å²) in [5.41, 5.74) is -0.802. The molecule has 0 saturated carbocycles. The van der Waals surface area contributed by atoms with Gasteiger partial charge >= 0.3 is 11.6 Å². The van der Waals surface area contributed by atoms with Gasteiger partial charge in [-0.1, -0.05) is 11.8 Å². The predicted octanol–water partition coefficient (Wildman–Crippen LogP) is 4.21. The van der Waals surface area contributed by atoms with Crippen molar-refractivity contribution in [3.63, 3.8) is 0 Å². The predicted molar refractivity (Wildman–Crippen MR) is 100 cm³/mol. The number of aromatic hydroxyl groups is 1. The van der Waals surface area contributed by atoms with Crippen molar-refractivity contribution in [2.75, 3.05) is 14.2 Å². The number of hydrogen-bond donors (Lipinski definition) is 1. The van der Waals surface area contributed by atoms with Crippen molar-refractivity contribution < 1.29 is 23.8 Å². The maximum absolute atomic E-state index is 12.0. The summed E-state index contributed by atoms with van der Waals surface area (Å²) in [6.07, 6.45) is 0. The van der Waals surface area contributed by atoms with Crippen LogP contribution in [0.25, 0.3) is 11.0 Å². The van der Waals surface area contributed by atoms with Crippen molar-refractivity contribution in [1.29, 1.82) is 0 Å². The van der Waals surface area contributed by atoms with E-state index < -0.39 is 11.6 Å². The van der Waals surface area contributed by atoms with Crippen LogP contribution in [0, 0.1) is 0 Å². The fraction of sp³-hybridized carbons (Fsp3) is 0.111. The molecule has 1 N–H and O–H groups in total. The largest absolute Gasteiger partial charge is 0.506 e. The zero-order valence-corrected chi connectivity index (χ0v) is 16.1. The van der Waals surface area contributed by atoms with Gasteiger partial charge in [0.25, 0.3) is 0 Å². The number of methoxy groups -OCH3 is 2. The number of phenols is 1. The number of carbonyl (C=O) groups excluding carboxylic acids is 1. The van der Waals surface area contributed by atoms with Crippen LogP contribution < -0.4 is 10.4 Å². The van der Waals surface area contributed by atoms with E-state index in [9.17, 15) is 14.7 Å². The molecule has 0 fully saturated rings. The lowest BCUT2D eigenvalue weighted by Crippen LogP contribution is -2.15. The molecule has 3 aromatic rings. The lowest BCUT2D eigenvalue weighted by Gasteiger charge is -2.11. The van der Waals surface area contributed by atoms with Crippen molar-refractivity contribution >= 4 is 44.6 Å². The summed E-state index contributed by atoms with van der Waals surface area (Å²) in [5.74, 6) is -0.122. The van der Waals surface area contributed by atoms with Crippen LogP contribution in [0.15, 0.2) is 59.9 Å². The molecule has 1 heterocycles. The highest BCUT2D eigenvalue weighted by Gasteiger charge is 2.20. The van der Waals surface area contributed by atoms with Crippen LogP contribution >= 0.6 is 27.7 Å². The second-order valence-corrected chi connectivity index (χ2v) is 7.10. The minimum absolute atomic E-state index is 0.0250. The summed E-state index contributed by atoms with van der Waals surface area (Å²) in [6.45, 7) is 0. The van der Waals surface area contributed by atoms with Gasteiger partial charge in [0.05, 0.1) is 23.6 Å². The van der Waals surface area contributed by atoms with Gasteiger partial charge in [0.2, 0.25) is 0 Å². The minimum atomic E-state index is -0.803. The first-order valence-electron chi connectivity index (χ1n) is 7.34. The summed E-state index contributed by atoms with van der Waals surface area (Å²) in [6, 6.07) is 10.1. The molecule has 0 radical (unpaired) electrons. The Hall–Kier alpha value is -2.45. The molecule has 1 aromatic heterocycles. The SMILES string of the molecule is COC(=O)c1cc2c(Sc3ccc(OC)cc3)c(O)c(Br)cc2oc1=O. The molecule has 0 atom stereocenters. The first-order valence-corrected chi connectivity index (χ1v) is 8.95. The Kier molecular flexibility index (Phi) is 5.24. The Balaban J connectivity index is 2.19. The molecular formula is C18H13BrO6S. The van der Waals surface area contributed by atoms with Crippen LogP contribution in [0.4, 0.5) is 0 Å². The second-order valence-electron chi connectivity index (χ2n) is 5.16. The van der Waals surface area contributed by atoms with E-state index in [1.165, 1.54) is 31.0 Å². The third kappa shape index (κ3) is 3.42. The minimum Gasteiger partial charge on any atom is -0.506 e. The van der Waals surface area contributed by atoms with E-state index in [2.05, 4.69) is 20.7 Å². The topological polar surface area (TPSA) is 86.0 Å². The molecule has 0 unspecified atom stereocenters. The van der Waals surface area contributed by atoms with Gasteiger partial charge in [0.15, 0.2) is 0 Å². The highest BCUT2D eigenvalue weighted by molar-refractivity contribution is 9.10. The van der Waals surface area contributed by atoms with Crippen molar-refractivity contribution in [1.82, 2.24) is 0 Å². The molecule has 6 nitrogen and oxygen atoms in total. The number of phenolic OH excluding ortho intramolecular Hbond substituents is 1. The van der Waals surface area contributed by atoms with Gasteiger partial charge in [-0.05, 0) is 52.3 Å². The average molecular weight is 437 g/mol. The quantitative estimate of drug-likeness (QED) is 0.484. The van der Waals surface area contributed by atoms with Gasteiger partial charge in [-0.3, -0.25) is 0 Å². The number of halogens is 1. The lowest BCUT2D eigenvalue weighted by molar-refractivity contribution is 0.0596. The van der Waals surface area contributed by atoms with Gasteiger partial charge < -0.3 is 19.0 Å². The summed E-state index contributed by atoms with van der Waals surface area (Å²) in [4.78, 5) is 25.1. The van der Waals surface area contributed by atoms with E-state index in [0.717, 1.165) is 4.90 Å². The Morgan fingerprint density at radius 1 is 1.19 bits per heavy atom. The first kappa shape index (κ1) is 18.3. The molecule has 0 aliphatic carbocycles. The lowest BCUT2D eigenvalue weighted by atomic mass is 10.2. The third-order valence-electron chi connectivity index (χ3n) is 3.61. The number of ether oxygens (including phenoxy) is 2. The number of hydrogen-bond acceptors (Lipinski definition) is 7. The molecule has 0 saturated heterocycles. The molecule has 0 spiro atoms. The molecule has 2 aromatic carbocycles. The summed E-state index contributed by atoms with van der Waals surface area (Å²) in [7, 11) is 2.75. The fourth-order valence-corrected chi connectivity index (χ4v) is 3.83. The standard InChI is InChI=1S/C18H13BrO6S/c1-23-9-3-5-10(6-4-9)26-16-11-7-12(17(21)24-2)18(22)25-14(11)8-13(19)15(16)20/h3-8,20H,1-2H3. The maximum atomic E-state index is 12.0. The Bertz CT molecular complexity index is 1040. The van der Waals surface area contributed by atoms with Crippen LogP contribution in [-0.4, -0.2) is 25.3 Å². The van der Waals surface area contributed by atoms with Crippen molar-refractivity contribution in [3.05, 3.63) is 56.9 Å². The first-order chi connectivity index (χ1) is 12.4.